The number of pyridine rings is 1. The Morgan fingerprint density at radius 2 is 1.93 bits per heavy atom. The standard InChI is InChI=1S/C18H16BrClF3N3O/c19-14-4-1-3-12(9-14)17(27)26-6-2-5-25(7-8-26)16-15(20)10-13(11-24-16)18(21,22)23/h1,3-4,9-11H,2,5-8H2. The average Bonchev–Trinajstić information content (AvgIpc) is 2.86. The summed E-state index contributed by atoms with van der Waals surface area (Å²) in [6, 6.07) is 8.05. The lowest BCUT2D eigenvalue weighted by Gasteiger charge is -2.24. The van der Waals surface area contributed by atoms with E-state index in [0.29, 0.717) is 44.0 Å². The smallest absolute Gasteiger partial charge is 0.354 e. The summed E-state index contributed by atoms with van der Waals surface area (Å²) in [7, 11) is 0. The first kappa shape index (κ1) is 19.9. The minimum Gasteiger partial charge on any atom is -0.354 e. The van der Waals surface area contributed by atoms with Crippen molar-refractivity contribution >= 4 is 39.3 Å². The minimum absolute atomic E-state index is 0.0448. The number of benzene rings is 1. The van der Waals surface area contributed by atoms with E-state index < -0.39 is 11.7 Å². The number of hydrogen-bond acceptors (Lipinski definition) is 3. The van der Waals surface area contributed by atoms with Crippen molar-refractivity contribution in [2.24, 2.45) is 0 Å². The zero-order chi connectivity index (χ0) is 19.6. The molecule has 2 aromatic rings. The zero-order valence-electron chi connectivity index (χ0n) is 14.1. The fraction of sp³-hybridized carbons (Fsp3) is 0.333. The SMILES string of the molecule is O=C(c1cccc(Br)c1)N1CCCN(c2ncc(C(F)(F)F)cc2Cl)CC1. The largest absolute Gasteiger partial charge is 0.417 e. The van der Waals surface area contributed by atoms with E-state index in [9.17, 15) is 18.0 Å². The first-order valence-corrected chi connectivity index (χ1v) is 9.45. The van der Waals surface area contributed by atoms with E-state index in [0.717, 1.165) is 16.7 Å². The summed E-state index contributed by atoms with van der Waals surface area (Å²) in [6.45, 7) is 1.99. The van der Waals surface area contributed by atoms with E-state index in [1.807, 2.05) is 11.0 Å². The van der Waals surface area contributed by atoms with Crippen LogP contribution in [0.25, 0.3) is 0 Å². The van der Waals surface area contributed by atoms with Crippen LogP contribution in [0, 0.1) is 0 Å². The fourth-order valence-corrected chi connectivity index (χ4v) is 3.64. The van der Waals surface area contributed by atoms with Crippen molar-refractivity contribution in [3.63, 3.8) is 0 Å². The summed E-state index contributed by atoms with van der Waals surface area (Å²) in [5.41, 5.74) is -0.291. The average molecular weight is 463 g/mol. The Balaban J connectivity index is 1.72. The van der Waals surface area contributed by atoms with Gasteiger partial charge in [-0.3, -0.25) is 4.79 Å². The molecule has 1 amide bonds. The summed E-state index contributed by atoms with van der Waals surface area (Å²) in [6.07, 6.45) is -3.03. The van der Waals surface area contributed by atoms with Gasteiger partial charge in [-0.1, -0.05) is 33.6 Å². The molecule has 1 saturated heterocycles. The maximum absolute atomic E-state index is 12.8. The molecule has 1 aliphatic heterocycles. The zero-order valence-corrected chi connectivity index (χ0v) is 16.5. The van der Waals surface area contributed by atoms with E-state index in [1.54, 1.807) is 23.1 Å². The number of nitrogens with zero attached hydrogens (tertiary/aromatic N) is 3. The number of rotatable bonds is 2. The van der Waals surface area contributed by atoms with Gasteiger partial charge in [0, 0.05) is 42.4 Å². The van der Waals surface area contributed by atoms with Gasteiger partial charge >= 0.3 is 6.18 Å². The van der Waals surface area contributed by atoms with Gasteiger partial charge in [0.2, 0.25) is 0 Å². The Kier molecular flexibility index (Phi) is 5.95. The van der Waals surface area contributed by atoms with Gasteiger partial charge in [0.15, 0.2) is 0 Å². The van der Waals surface area contributed by atoms with Crippen molar-refractivity contribution in [1.29, 1.82) is 0 Å². The highest BCUT2D eigenvalue weighted by atomic mass is 79.9. The Bertz CT molecular complexity index is 847. The number of amides is 1. The van der Waals surface area contributed by atoms with Crippen molar-refractivity contribution in [2.45, 2.75) is 12.6 Å². The Labute approximate surface area is 168 Å². The lowest BCUT2D eigenvalue weighted by Crippen LogP contribution is -2.35. The Morgan fingerprint density at radius 3 is 2.59 bits per heavy atom. The molecule has 9 heteroatoms. The maximum atomic E-state index is 12.8. The van der Waals surface area contributed by atoms with Gasteiger partial charge in [0.1, 0.15) is 5.82 Å². The molecule has 2 heterocycles. The lowest BCUT2D eigenvalue weighted by molar-refractivity contribution is -0.137. The summed E-state index contributed by atoms with van der Waals surface area (Å²) >= 11 is 9.40. The van der Waals surface area contributed by atoms with Crippen molar-refractivity contribution in [1.82, 2.24) is 9.88 Å². The van der Waals surface area contributed by atoms with Crippen LogP contribution < -0.4 is 4.90 Å². The molecule has 0 bridgehead atoms. The second-order valence-electron chi connectivity index (χ2n) is 6.17. The molecule has 0 N–H and O–H groups in total. The van der Waals surface area contributed by atoms with Crippen molar-refractivity contribution in [3.8, 4) is 0 Å². The number of alkyl halides is 3. The lowest BCUT2D eigenvalue weighted by atomic mass is 10.2. The summed E-state index contributed by atoms with van der Waals surface area (Å²) in [5, 5.41) is -0.0448. The van der Waals surface area contributed by atoms with E-state index in [1.165, 1.54) is 0 Å². The number of aromatic nitrogens is 1. The van der Waals surface area contributed by atoms with Gasteiger partial charge in [-0.05, 0) is 30.7 Å². The highest BCUT2D eigenvalue weighted by Crippen LogP contribution is 2.33. The molecule has 0 spiro atoms. The molecular formula is C18H16BrClF3N3O. The van der Waals surface area contributed by atoms with Crippen LogP contribution in [0.15, 0.2) is 41.0 Å². The third kappa shape index (κ3) is 4.73. The number of carbonyl (C=O) groups is 1. The summed E-state index contributed by atoms with van der Waals surface area (Å²) in [5.74, 6) is 0.228. The van der Waals surface area contributed by atoms with Crippen LogP contribution in [0.5, 0.6) is 0 Å². The number of carbonyl (C=O) groups excluding carboxylic acids is 1. The molecule has 0 aliphatic carbocycles. The first-order valence-electron chi connectivity index (χ1n) is 8.28. The molecule has 0 unspecified atom stereocenters. The van der Waals surface area contributed by atoms with Gasteiger partial charge in [-0.15, -0.1) is 0 Å². The van der Waals surface area contributed by atoms with Crippen LogP contribution in [0.3, 0.4) is 0 Å². The molecule has 3 rings (SSSR count). The molecule has 0 saturated carbocycles. The van der Waals surface area contributed by atoms with Gasteiger partial charge in [0.25, 0.3) is 5.91 Å². The topological polar surface area (TPSA) is 36.4 Å². The highest BCUT2D eigenvalue weighted by Gasteiger charge is 2.32. The van der Waals surface area contributed by atoms with E-state index >= 15 is 0 Å². The normalized spacial score (nSPS) is 15.6. The quantitative estimate of drug-likeness (QED) is 0.639. The molecule has 27 heavy (non-hydrogen) atoms. The van der Waals surface area contributed by atoms with Crippen LogP contribution >= 0.6 is 27.5 Å². The molecule has 4 nitrogen and oxygen atoms in total. The van der Waals surface area contributed by atoms with Crippen LogP contribution in [-0.2, 0) is 6.18 Å². The Hall–Kier alpha value is -1.80. The fourth-order valence-electron chi connectivity index (χ4n) is 2.95. The van der Waals surface area contributed by atoms with Gasteiger partial charge in [-0.2, -0.15) is 13.2 Å². The van der Waals surface area contributed by atoms with Gasteiger partial charge in [0.05, 0.1) is 10.6 Å². The van der Waals surface area contributed by atoms with E-state index in [2.05, 4.69) is 20.9 Å². The monoisotopic (exact) mass is 461 g/mol. The van der Waals surface area contributed by atoms with Crippen molar-refractivity contribution < 1.29 is 18.0 Å². The second-order valence-corrected chi connectivity index (χ2v) is 7.49. The molecule has 0 radical (unpaired) electrons. The number of halogens is 5. The number of anilines is 1. The molecule has 1 aromatic heterocycles. The minimum atomic E-state index is -4.48. The second kappa shape index (κ2) is 8.06. The molecule has 1 aliphatic rings. The third-order valence-electron chi connectivity index (χ3n) is 4.30. The molecule has 1 aromatic carbocycles. The summed E-state index contributed by atoms with van der Waals surface area (Å²) in [4.78, 5) is 20.2. The van der Waals surface area contributed by atoms with E-state index in [4.69, 9.17) is 11.6 Å². The van der Waals surface area contributed by atoms with Crippen LogP contribution in [0.4, 0.5) is 19.0 Å². The van der Waals surface area contributed by atoms with Gasteiger partial charge in [-0.25, -0.2) is 4.98 Å². The van der Waals surface area contributed by atoms with Crippen LogP contribution in [0.2, 0.25) is 5.02 Å². The molecule has 0 atom stereocenters. The summed E-state index contributed by atoms with van der Waals surface area (Å²) < 4.78 is 39.2. The Morgan fingerprint density at radius 1 is 1.15 bits per heavy atom. The molecular weight excluding hydrogens is 447 g/mol. The van der Waals surface area contributed by atoms with Crippen LogP contribution in [-0.4, -0.2) is 42.0 Å². The number of hydrogen-bond donors (Lipinski definition) is 0. The third-order valence-corrected chi connectivity index (χ3v) is 5.07. The van der Waals surface area contributed by atoms with Crippen molar-refractivity contribution in [2.75, 3.05) is 31.1 Å². The highest BCUT2D eigenvalue weighted by molar-refractivity contribution is 9.10. The molecule has 1 fully saturated rings. The van der Waals surface area contributed by atoms with Crippen molar-refractivity contribution in [3.05, 3.63) is 57.2 Å². The first-order chi connectivity index (χ1) is 12.8. The van der Waals surface area contributed by atoms with Gasteiger partial charge < -0.3 is 9.80 Å². The van der Waals surface area contributed by atoms with Crippen LogP contribution in [0.1, 0.15) is 22.3 Å². The molecule has 144 valence electrons. The van der Waals surface area contributed by atoms with E-state index in [-0.39, 0.29) is 10.9 Å². The maximum Gasteiger partial charge on any atom is 0.417 e. The predicted molar refractivity (Wildman–Crippen MR) is 101 cm³/mol. The predicted octanol–water partition coefficient (Wildman–Crippen LogP) is 4.87.